The lowest BCUT2D eigenvalue weighted by Gasteiger charge is -2.11. The van der Waals surface area contributed by atoms with E-state index >= 15 is 0 Å². The van der Waals surface area contributed by atoms with E-state index in [1.165, 1.54) is 12.1 Å². The van der Waals surface area contributed by atoms with Crippen molar-refractivity contribution in [2.24, 2.45) is 0 Å². The highest BCUT2D eigenvalue weighted by Crippen LogP contribution is 2.25. The molecule has 0 radical (unpaired) electrons. The van der Waals surface area contributed by atoms with Crippen LogP contribution in [0.2, 0.25) is 0 Å². The van der Waals surface area contributed by atoms with E-state index in [0.717, 1.165) is 12.1 Å². The quantitative estimate of drug-likeness (QED) is 0.851. The summed E-state index contributed by atoms with van der Waals surface area (Å²) in [5.41, 5.74) is -0.0260. The fourth-order valence-corrected chi connectivity index (χ4v) is 2.49. The number of benzene rings is 1. The highest BCUT2D eigenvalue weighted by atomic mass is 35.5. The molecule has 0 aliphatic heterocycles. The van der Waals surface area contributed by atoms with Crippen LogP contribution in [0.3, 0.4) is 0 Å². The molecule has 0 aliphatic rings. The molecule has 102 valence electrons. The summed E-state index contributed by atoms with van der Waals surface area (Å²) in [5, 5.41) is 0. The van der Waals surface area contributed by atoms with Crippen molar-refractivity contribution >= 4 is 27.3 Å². The maximum absolute atomic E-state index is 12.0. The first kappa shape index (κ1) is 14.9. The molecule has 0 spiro atoms. The van der Waals surface area contributed by atoms with Crippen molar-refractivity contribution in [1.82, 2.24) is 0 Å². The molecule has 0 amide bonds. The van der Waals surface area contributed by atoms with Crippen LogP contribution in [-0.4, -0.2) is 26.4 Å². The van der Waals surface area contributed by atoms with Crippen molar-refractivity contribution in [2.45, 2.75) is 6.36 Å². The van der Waals surface area contributed by atoms with E-state index in [1.807, 2.05) is 0 Å². The summed E-state index contributed by atoms with van der Waals surface area (Å²) in [4.78, 5) is 0. The first-order valence-corrected chi connectivity index (χ1v) is 6.83. The average Bonchev–Trinajstić information content (AvgIpc) is 2.13. The Bertz CT molecular complexity index is 504. The highest BCUT2D eigenvalue weighted by molar-refractivity contribution is 7.92. The highest BCUT2D eigenvalue weighted by Gasteiger charge is 2.31. The van der Waals surface area contributed by atoms with Gasteiger partial charge in [0.25, 0.3) is 0 Å². The number of hydrogen-bond acceptors (Lipinski definition) is 3. The van der Waals surface area contributed by atoms with Crippen LogP contribution in [0.15, 0.2) is 24.3 Å². The standard InChI is InChI=1S/C9H9ClF3NO3S/c10-4-5-18(15,16)14-7-2-1-3-8(6-7)17-9(11,12)13/h1-3,6,14H,4-5H2. The first-order valence-electron chi connectivity index (χ1n) is 4.64. The number of halogens is 4. The molecule has 1 aromatic rings. The normalized spacial score (nSPS) is 12.2. The number of ether oxygens (including phenoxy) is 1. The molecule has 1 N–H and O–H groups in total. The third-order valence-corrected chi connectivity index (χ3v) is 3.39. The molecule has 0 aromatic heterocycles. The molecule has 0 fully saturated rings. The zero-order chi connectivity index (χ0) is 13.8. The van der Waals surface area contributed by atoms with Crippen molar-refractivity contribution in [1.29, 1.82) is 0 Å². The Hall–Kier alpha value is -1.15. The van der Waals surface area contributed by atoms with Crippen LogP contribution in [-0.2, 0) is 10.0 Å². The lowest BCUT2D eigenvalue weighted by molar-refractivity contribution is -0.274. The monoisotopic (exact) mass is 303 g/mol. The summed E-state index contributed by atoms with van der Waals surface area (Å²) >= 11 is 5.28. The van der Waals surface area contributed by atoms with Crippen LogP contribution in [0, 0.1) is 0 Å². The zero-order valence-corrected chi connectivity index (χ0v) is 10.4. The number of nitrogens with one attached hydrogen (secondary N) is 1. The van der Waals surface area contributed by atoms with Crippen LogP contribution < -0.4 is 9.46 Å². The Morgan fingerprint density at radius 2 is 2.00 bits per heavy atom. The summed E-state index contributed by atoms with van der Waals surface area (Å²) in [7, 11) is -3.66. The molecular weight excluding hydrogens is 295 g/mol. The van der Waals surface area contributed by atoms with E-state index in [2.05, 4.69) is 9.46 Å². The lowest BCUT2D eigenvalue weighted by Crippen LogP contribution is -2.19. The topological polar surface area (TPSA) is 55.4 Å². The number of sulfonamides is 1. The predicted molar refractivity (Wildman–Crippen MR) is 61.3 cm³/mol. The maximum Gasteiger partial charge on any atom is 0.573 e. The molecule has 0 aliphatic carbocycles. The van der Waals surface area contributed by atoms with Gasteiger partial charge in [-0.05, 0) is 12.1 Å². The largest absolute Gasteiger partial charge is 0.573 e. The second-order valence-electron chi connectivity index (χ2n) is 3.19. The fourth-order valence-electron chi connectivity index (χ4n) is 1.09. The van der Waals surface area contributed by atoms with Gasteiger partial charge in [0.15, 0.2) is 0 Å². The van der Waals surface area contributed by atoms with Crippen LogP contribution in [0.25, 0.3) is 0 Å². The van der Waals surface area contributed by atoms with E-state index < -0.39 is 22.1 Å². The van der Waals surface area contributed by atoms with Crippen LogP contribution in [0.4, 0.5) is 18.9 Å². The molecule has 0 bridgehead atoms. The van der Waals surface area contributed by atoms with Gasteiger partial charge in [-0.2, -0.15) is 0 Å². The van der Waals surface area contributed by atoms with Crippen molar-refractivity contribution in [2.75, 3.05) is 16.4 Å². The van der Waals surface area contributed by atoms with Gasteiger partial charge in [-0.1, -0.05) is 6.07 Å². The molecule has 1 aromatic carbocycles. The van der Waals surface area contributed by atoms with Gasteiger partial charge in [0, 0.05) is 11.9 Å². The van der Waals surface area contributed by atoms with Gasteiger partial charge in [-0.3, -0.25) is 4.72 Å². The molecule has 1 rings (SSSR count). The van der Waals surface area contributed by atoms with Gasteiger partial charge in [0.2, 0.25) is 10.0 Å². The minimum absolute atomic E-state index is 0.0260. The van der Waals surface area contributed by atoms with Crippen molar-refractivity contribution < 1.29 is 26.3 Å². The van der Waals surface area contributed by atoms with E-state index in [9.17, 15) is 21.6 Å². The van der Waals surface area contributed by atoms with Gasteiger partial charge >= 0.3 is 6.36 Å². The SMILES string of the molecule is O=S(=O)(CCCl)Nc1cccc(OC(F)(F)F)c1. The van der Waals surface area contributed by atoms with Crippen LogP contribution in [0.5, 0.6) is 5.75 Å². The van der Waals surface area contributed by atoms with Crippen molar-refractivity contribution in [3.63, 3.8) is 0 Å². The number of rotatable bonds is 5. The first-order chi connectivity index (χ1) is 8.22. The third-order valence-electron chi connectivity index (χ3n) is 1.69. The zero-order valence-electron chi connectivity index (χ0n) is 8.87. The Morgan fingerprint density at radius 1 is 1.33 bits per heavy atom. The minimum atomic E-state index is -4.83. The third kappa shape index (κ3) is 5.46. The van der Waals surface area contributed by atoms with E-state index in [4.69, 9.17) is 11.6 Å². The molecule has 0 saturated carbocycles. The van der Waals surface area contributed by atoms with Gasteiger partial charge in [0.05, 0.1) is 11.4 Å². The summed E-state index contributed by atoms with van der Waals surface area (Å²) < 4.78 is 64.3. The molecule has 18 heavy (non-hydrogen) atoms. The van der Waals surface area contributed by atoms with E-state index in [1.54, 1.807) is 0 Å². The number of alkyl halides is 4. The van der Waals surface area contributed by atoms with Gasteiger partial charge in [0.1, 0.15) is 5.75 Å². The van der Waals surface area contributed by atoms with E-state index in [-0.39, 0.29) is 17.3 Å². The number of anilines is 1. The van der Waals surface area contributed by atoms with Crippen LogP contribution in [0.1, 0.15) is 0 Å². The van der Waals surface area contributed by atoms with Gasteiger partial charge < -0.3 is 4.74 Å². The number of hydrogen-bond donors (Lipinski definition) is 1. The molecule has 0 saturated heterocycles. The smallest absolute Gasteiger partial charge is 0.406 e. The van der Waals surface area contributed by atoms with Gasteiger partial charge in [-0.25, -0.2) is 8.42 Å². The van der Waals surface area contributed by atoms with Crippen molar-refractivity contribution in [3.05, 3.63) is 24.3 Å². The Labute approximate surface area is 107 Å². The predicted octanol–water partition coefficient (Wildman–Crippen LogP) is 2.57. The lowest BCUT2D eigenvalue weighted by atomic mass is 10.3. The summed E-state index contributed by atoms with van der Waals surface area (Å²) in [6.07, 6.45) is -4.83. The van der Waals surface area contributed by atoms with Gasteiger partial charge in [-0.15, -0.1) is 24.8 Å². The molecular formula is C9H9ClF3NO3S. The second kappa shape index (κ2) is 5.66. The summed E-state index contributed by atoms with van der Waals surface area (Å²) in [6, 6.07) is 4.53. The maximum atomic E-state index is 12.0. The Morgan fingerprint density at radius 3 is 2.56 bits per heavy atom. The molecule has 4 nitrogen and oxygen atoms in total. The minimum Gasteiger partial charge on any atom is -0.406 e. The molecule has 9 heteroatoms. The summed E-state index contributed by atoms with van der Waals surface area (Å²) in [5.74, 6) is -0.957. The van der Waals surface area contributed by atoms with Crippen LogP contribution >= 0.6 is 11.6 Å². The molecule has 0 heterocycles. The molecule has 0 unspecified atom stereocenters. The molecule has 0 atom stereocenters. The Balaban J connectivity index is 2.83. The fraction of sp³-hybridized carbons (Fsp3) is 0.333. The Kier molecular flexibility index (Phi) is 4.69. The van der Waals surface area contributed by atoms with E-state index in [0.29, 0.717) is 0 Å². The average molecular weight is 304 g/mol. The van der Waals surface area contributed by atoms with Crippen molar-refractivity contribution in [3.8, 4) is 5.75 Å². The summed E-state index contributed by atoms with van der Waals surface area (Å²) in [6.45, 7) is 0. The second-order valence-corrected chi connectivity index (χ2v) is 5.41.